The van der Waals surface area contributed by atoms with Crippen molar-refractivity contribution >= 4 is 28.8 Å². The van der Waals surface area contributed by atoms with E-state index in [4.69, 9.17) is 4.74 Å². The van der Waals surface area contributed by atoms with Crippen LogP contribution in [0, 0.1) is 6.92 Å². The van der Waals surface area contributed by atoms with Crippen LogP contribution >= 0.6 is 0 Å². The quantitative estimate of drug-likeness (QED) is 0.386. The molecular formula is C33H37N3O3. The lowest BCUT2D eigenvalue weighted by molar-refractivity contribution is -0.117. The standard InChI is InChI=1S/C33H37N3O3/c1-6-35(7-2)25-14-17-27(21(3)18-25)33-32-29(34-28-10-8-9-11-30(28)36(33)22(4)37)19-24(20-31(32)38)23-12-15-26(39-5)16-13-23/h8-18,24,33-34H,6-7,19-20H2,1-5H3. The largest absolute Gasteiger partial charge is 0.497 e. The number of fused-ring (bicyclic) bond motifs is 1. The number of benzene rings is 3. The average Bonchev–Trinajstić information content (AvgIpc) is 3.08. The summed E-state index contributed by atoms with van der Waals surface area (Å²) in [7, 11) is 1.65. The predicted molar refractivity (Wildman–Crippen MR) is 158 cm³/mol. The van der Waals surface area contributed by atoms with Crippen molar-refractivity contribution in [3.8, 4) is 5.75 Å². The minimum absolute atomic E-state index is 0.0393. The van der Waals surface area contributed by atoms with Crippen molar-refractivity contribution in [1.82, 2.24) is 0 Å². The number of amides is 1. The van der Waals surface area contributed by atoms with Crippen molar-refractivity contribution in [1.29, 1.82) is 0 Å². The molecule has 0 aromatic heterocycles. The maximum absolute atomic E-state index is 14.1. The Hall–Kier alpha value is -4.06. The van der Waals surface area contributed by atoms with Crippen molar-refractivity contribution in [2.75, 3.05) is 35.3 Å². The van der Waals surface area contributed by atoms with Crippen LogP contribution < -0.4 is 19.9 Å². The third kappa shape index (κ3) is 4.91. The molecular weight excluding hydrogens is 486 g/mol. The van der Waals surface area contributed by atoms with Crippen molar-refractivity contribution in [3.63, 3.8) is 0 Å². The van der Waals surface area contributed by atoms with Gasteiger partial charge in [-0.25, -0.2) is 0 Å². The number of ether oxygens (including phenoxy) is 1. The topological polar surface area (TPSA) is 61.9 Å². The zero-order valence-corrected chi connectivity index (χ0v) is 23.5. The van der Waals surface area contributed by atoms with E-state index in [1.807, 2.05) is 48.5 Å². The number of methoxy groups -OCH3 is 1. The van der Waals surface area contributed by atoms with Crippen LogP contribution in [0.15, 0.2) is 78.0 Å². The highest BCUT2D eigenvalue weighted by Crippen LogP contribution is 2.48. The van der Waals surface area contributed by atoms with Gasteiger partial charge in [-0.3, -0.25) is 14.5 Å². The first kappa shape index (κ1) is 26.5. The Morgan fingerprint density at radius 2 is 1.74 bits per heavy atom. The van der Waals surface area contributed by atoms with Crippen LogP contribution in [-0.2, 0) is 9.59 Å². The highest BCUT2D eigenvalue weighted by Gasteiger charge is 2.41. The molecule has 1 amide bonds. The molecule has 2 atom stereocenters. The SMILES string of the molecule is CCN(CC)c1ccc(C2C3=C(CC(c4ccc(OC)cc4)CC3=O)Nc3ccccc3N2C(C)=O)c(C)c1. The van der Waals surface area contributed by atoms with E-state index in [0.717, 1.165) is 58.3 Å². The number of Topliss-reactive ketones (excluding diaryl/α,β-unsaturated/α-hetero) is 1. The Morgan fingerprint density at radius 1 is 1.03 bits per heavy atom. The molecule has 1 N–H and O–H groups in total. The number of anilines is 3. The summed E-state index contributed by atoms with van der Waals surface area (Å²) in [6.45, 7) is 9.79. The molecule has 0 fully saturated rings. The van der Waals surface area contributed by atoms with E-state index < -0.39 is 6.04 Å². The molecule has 6 heteroatoms. The van der Waals surface area contributed by atoms with Crippen LogP contribution in [0.3, 0.4) is 0 Å². The van der Waals surface area contributed by atoms with Crippen molar-refractivity contribution in [3.05, 3.63) is 94.7 Å². The number of carbonyl (C=O) groups is 2. The van der Waals surface area contributed by atoms with Gasteiger partial charge >= 0.3 is 0 Å². The summed E-state index contributed by atoms with van der Waals surface area (Å²) >= 11 is 0. The van der Waals surface area contributed by atoms with Crippen LogP contribution in [-0.4, -0.2) is 31.9 Å². The van der Waals surface area contributed by atoms with Crippen LogP contribution in [0.4, 0.5) is 17.1 Å². The Labute approximate surface area is 231 Å². The first-order valence-corrected chi connectivity index (χ1v) is 13.8. The van der Waals surface area contributed by atoms with Crippen molar-refractivity contribution < 1.29 is 14.3 Å². The van der Waals surface area contributed by atoms with Crippen molar-refractivity contribution in [2.45, 2.75) is 52.5 Å². The first-order valence-electron chi connectivity index (χ1n) is 13.8. The Balaban J connectivity index is 1.67. The highest BCUT2D eigenvalue weighted by atomic mass is 16.5. The zero-order chi connectivity index (χ0) is 27.7. The number of nitrogens with one attached hydrogen (secondary N) is 1. The number of ketones is 1. The van der Waals surface area contributed by atoms with E-state index in [1.54, 1.807) is 18.9 Å². The molecule has 0 saturated carbocycles. The Bertz CT molecular complexity index is 1420. The number of allylic oxidation sites excluding steroid dienone is 1. The summed E-state index contributed by atoms with van der Waals surface area (Å²) in [6.07, 6.45) is 1.07. The van der Waals surface area contributed by atoms with E-state index in [2.05, 4.69) is 49.2 Å². The van der Waals surface area contributed by atoms with Crippen molar-refractivity contribution in [2.24, 2.45) is 0 Å². The van der Waals surface area contributed by atoms with Gasteiger partial charge in [0.25, 0.3) is 0 Å². The first-order chi connectivity index (χ1) is 18.9. The lowest BCUT2D eigenvalue weighted by Crippen LogP contribution is -2.37. The molecule has 1 aliphatic heterocycles. The molecule has 1 aliphatic carbocycles. The van der Waals surface area contributed by atoms with E-state index in [1.165, 1.54) is 0 Å². The number of aryl methyl sites for hydroxylation is 1. The summed E-state index contributed by atoms with van der Waals surface area (Å²) < 4.78 is 5.34. The van der Waals surface area contributed by atoms with Crippen LogP contribution in [0.25, 0.3) is 0 Å². The van der Waals surface area contributed by atoms with Gasteiger partial charge in [-0.1, -0.05) is 30.3 Å². The highest BCUT2D eigenvalue weighted by molar-refractivity contribution is 6.06. The minimum Gasteiger partial charge on any atom is -0.497 e. The maximum atomic E-state index is 14.1. The molecule has 202 valence electrons. The molecule has 0 bridgehead atoms. The smallest absolute Gasteiger partial charge is 0.224 e. The van der Waals surface area contributed by atoms with E-state index in [-0.39, 0.29) is 17.6 Å². The fraction of sp³-hybridized carbons (Fsp3) is 0.333. The molecule has 6 nitrogen and oxygen atoms in total. The van der Waals surface area contributed by atoms with Gasteiger partial charge in [0, 0.05) is 43.4 Å². The molecule has 39 heavy (non-hydrogen) atoms. The maximum Gasteiger partial charge on any atom is 0.224 e. The van der Waals surface area contributed by atoms with Gasteiger partial charge in [0.15, 0.2) is 5.78 Å². The lowest BCUT2D eigenvalue weighted by atomic mass is 9.77. The second-order valence-electron chi connectivity index (χ2n) is 10.3. The second kappa shape index (κ2) is 11.0. The molecule has 2 aliphatic rings. The van der Waals surface area contributed by atoms with Gasteiger partial charge in [0.05, 0.1) is 24.5 Å². The predicted octanol–water partition coefficient (Wildman–Crippen LogP) is 6.77. The molecule has 3 aromatic carbocycles. The third-order valence-electron chi connectivity index (χ3n) is 8.09. The summed E-state index contributed by atoms with van der Waals surface area (Å²) in [5.74, 6) is 0.807. The molecule has 1 heterocycles. The lowest BCUT2D eigenvalue weighted by Gasteiger charge is -2.35. The second-order valence-corrected chi connectivity index (χ2v) is 10.3. The Morgan fingerprint density at radius 3 is 2.38 bits per heavy atom. The number of para-hydroxylation sites is 2. The van der Waals surface area contributed by atoms with Gasteiger partial charge < -0.3 is 15.0 Å². The van der Waals surface area contributed by atoms with E-state index in [9.17, 15) is 9.59 Å². The average molecular weight is 524 g/mol. The van der Waals surface area contributed by atoms with Crippen LogP contribution in [0.1, 0.15) is 62.3 Å². The van der Waals surface area contributed by atoms with Gasteiger partial charge in [0.1, 0.15) is 5.75 Å². The molecule has 2 unspecified atom stereocenters. The minimum atomic E-state index is -0.510. The molecule has 0 saturated heterocycles. The van der Waals surface area contributed by atoms with E-state index >= 15 is 0 Å². The molecule has 0 radical (unpaired) electrons. The number of hydrogen-bond acceptors (Lipinski definition) is 5. The van der Waals surface area contributed by atoms with Gasteiger partial charge in [-0.15, -0.1) is 0 Å². The van der Waals surface area contributed by atoms with E-state index in [0.29, 0.717) is 18.4 Å². The fourth-order valence-electron chi connectivity index (χ4n) is 6.10. The van der Waals surface area contributed by atoms with Crippen LogP contribution in [0.2, 0.25) is 0 Å². The summed E-state index contributed by atoms with van der Waals surface area (Å²) in [4.78, 5) is 31.6. The summed E-state index contributed by atoms with van der Waals surface area (Å²) in [5, 5.41) is 3.60. The number of rotatable bonds is 6. The molecule has 3 aromatic rings. The summed E-state index contributed by atoms with van der Waals surface area (Å²) in [6, 6.07) is 21.7. The monoisotopic (exact) mass is 523 g/mol. The Kier molecular flexibility index (Phi) is 7.47. The third-order valence-corrected chi connectivity index (χ3v) is 8.09. The van der Waals surface area contributed by atoms with Crippen LogP contribution in [0.5, 0.6) is 5.75 Å². The van der Waals surface area contributed by atoms with Gasteiger partial charge in [-0.05, 0) is 86.2 Å². The molecule has 5 rings (SSSR count). The number of hydrogen-bond donors (Lipinski definition) is 1. The summed E-state index contributed by atoms with van der Waals surface area (Å²) in [5.41, 5.74) is 7.48. The molecule has 0 spiro atoms. The van der Waals surface area contributed by atoms with Gasteiger partial charge in [-0.2, -0.15) is 0 Å². The normalized spacial score (nSPS) is 18.6. The number of carbonyl (C=O) groups excluding carboxylic acids is 2. The van der Waals surface area contributed by atoms with Gasteiger partial charge in [0.2, 0.25) is 5.91 Å². The fourth-order valence-corrected chi connectivity index (χ4v) is 6.10. The number of nitrogens with zero attached hydrogens (tertiary/aromatic N) is 2. The zero-order valence-electron chi connectivity index (χ0n) is 23.5.